The summed E-state index contributed by atoms with van der Waals surface area (Å²) in [5.74, 6) is 0.420. The predicted octanol–water partition coefficient (Wildman–Crippen LogP) is -1.03. The summed E-state index contributed by atoms with van der Waals surface area (Å²) in [4.78, 5) is 26.5. The van der Waals surface area contributed by atoms with Crippen molar-refractivity contribution in [1.82, 2.24) is 0 Å². The lowest BCUT2D eigenvalue weighted by atomic mass is 10.1. The number of ether oxygens (including phenoxy) is 1. The molecule has 1 aliphatic rings. The molecule has 2 amide bonds. The Morgan fingerprint density at radius 2 is 1.69 bits per heavy atom. The number of anilines is 1. The van der Waals surface area contributed by atoms with Crippen molar-refractivity contribution in [2.45, 2.75) is 13.0 Å². The van der Waals surface area contributed by atoms with E-state index in [-0.39, 0.29) is 11.9 Å². The molecule has 7 nitrogen and oxygen atoms in total. The van der Waals surface area contributed by atoms with Gasteiger partial charge in [-0.25, -0.2) is 0 Å². The first-order chi connectivity index (χ1) is 14.0. The Bertz CT molecular complexity index is 803. The number of para-hydroxylation sites is 1. The van der Waals surface area contributed by atoms with E-state index in [9.17, 15) is 9.59 Å². The number of piperazine rings is 1. The minimum absolute atomic E-state index is 0.0114. The van der Waals surface area contributed by atoms with Crippen LogP contribution in [-0.4, -0.2) is 57.2 Å². The normalized spacial score (nSPS) is 19.9. The third-order valence-corrected chi connectivity index (χ3v) is 5.51. The number of nitrogens with one attached hydrogen (secondary N) is 3. The summed E-state index contributed by atoms with van der Waals surface area (Å²) in [7, 11) is 0. The average molecular weight is 399 g/mol. The van der Waals surface area contributed by atoms with E-state index in [1.54, 1.807) is 24.3 Å². The van der Waals surface area contributed by atoms with Gasteiger partial charge in [0.1, 0.15) is 45.1 Å². The highest BCUT2D eigenvalue weighted by Gasteiger charge is 2.30. The van der Waals surface area contributed by atoms with Crippen LogP contribution < -0.4 is 25.6 Å². The van der Waals surface area contributed by atoms with Crippen LogP contribution in [0.4, 0.5) is 5.69 Å². The number of amides is 2. The van der Waals surface area contributed by atoms with Crippen LogP contribution in [-0.2, 0) is 4.79 Å². The van der Waals surface area contributed by atoms with Crippen LogP contribution in [0.15, 0.2) is 54.6 Å². The second-order valence-corrected chi connectivity index (χ2v) is 7.47. The van der Waals surface area contributed by atoms with Gasteiger partial charge in [-0.05, 0) is 43.3 Å². The Morgan fingerprint density at radius 3 is 2.31 bits per heavy atom. The Balaban J connectivity index is 1.40. The van der Waals surface area contributed by atoms with Gasteiger partial charge in [-0.3, -0.25) is 9.59 Å². The molecule has 0 unspecified atom stereocenters. The molecule has 0 radical (unpaired) electrons. The van der Waals surface area contributed by atoms with Gasteiger partial charge >= 0.3 is 0 Å². The number of carbonyl (C=O) groups is 2. The Hall–Kier alpha value is -2.90. The zero-order chi connectivity index (χ0) is 20.6. The lowest BCUT2D eigenvalue weighted by Crippen LogP contribution is -3.30. The lowest BCUT2D eigenvalue weighted by Gasteiger charge is -2.32. The van der Waals surface area contributed by atoms with Crippen LogP contribution in [0.3, 0.4) is 0 Å². The average Bonchev–Trinajstić information content (AvgIpc) is 2.75. The number of hydrogen-bond donors (Lipinski definition) is 4. The van der Waals surface area contributed by atoms with Gasteiger partial charge in [-0.1, -0.05) is 18.2 Å². The fourth-order valence-corrected chi connectivity index (χ4v) is 3.59. The molecule has 1 atom stereocenters. The van der Waals surface area contributed by atoms with Crippen LogP contribution in [0, 0.1) is 0 Å². The fourth-order valence-electron chi connectivity index (χ4n) is 3.59. The molecule has 0 saturated carbocycles. The molecule has 29 heavy (non-hydrogen) atoms. The molecule has 1 saturated heterocycles. The Morgan fingerprint density at radius 1 is 1.03 bits per heavy atom. The second-order valence-electron chi connectivity index (χ2n) is 7.47. The smallest absolute Gasteiger partial charge is 0.282 e. The molecule has 2 aromatic rings. The van der Waals surface area contributed by atoms with Gasteiger partial charge < -0.3 is 25.6 Å². The number of benzene rings is 2. The summed E-state index contributed by atoms with van der Waals surface area (Å²) in [5.41, 5.74) is 6.34. The fraction of sp³-hybridized carbons (Fsp3) is 0.364. The largest absolute Gasteiger partial charge is 0.488 e. The monoisotopic (exact) mass is 398 g/mol. The Labute approximate surface area is 171 Å². The van der Waals surface area contributed by atoms with Gasteiger partial charge in [0.15, 0.2) is 6.04 Å². The molecular weight excluding hydrogens is 368 g/mol. The van der Waals surface area contributed by atoms with E-state index in [1.165, 1.54) is 9.80 Å². The molecule has 3 rings (SSSR count). The maximum Gasteiger partial charge on any atom is 0.282 e. The van der Waals surface area contributed by atoms with Crippen LogP contribution in [0.25, 0.3) is 0 Å². The minimum atomic E-state index is -0.477. The van der Waals surface area contributed by atoms with E-state index in [1.807, 2.05) is 37.3 Å². The maximum atomic E-state index is 12.6. The summed E-state index contributed by atoms with van der Waals surface area (Å²) >= 11 is 0. The standard InChI is InChI=1S/C22H28N4O3/c1-17(22(28)24-19-9-7-18(8-10-19)21(23)27)26-13-11-25(12-14-26)15-16-29-20-5-3-2-4-6-20/h2-10,17H,11-16H2,1H3,(H2,23,27)(H,24,28)/p+2/t17-/m0/s1. The van der Waals surface area contributed by atoms with Gasteiger partial charge in [0.2, 0.25) is 5.91 Å². The van der Waals surface area contributed by atoms with Crippen molar-refractivity contribution >= 4 is 17.5 Å². The topological polar surface area (TPSA) is 90.3 Å². The predicted molar refractivity (Wildman–Crippen MR) is 111 cm³/mol. The quantitative estimate of drug-likeness (QED) is 0.459. The minimum Gasteiger partial charge on any atom is -0.488 e. The molecule has 0 aliphatic carbocycles. The summed E-state index contributed by atoms with van der Waals surface area (Å²) in [6.45, 7) is 7.59. The highest BCUT2D eigenvalue weighted by Crippen LogP contribution is 2.09. The lowest BCUT2D eigenvalue weighted by molar-refractivity contribution is -1.02. The summed E-state index contributed by atoms with van der Waals surface area (Å²) in [6.07, 6.45) is 0. The summed E-state index contributed by atoms with van der Waals surface area (Å²) < 4.78 is 5.79. The van der Waals surface area contributed by atoms with E-state index in [0.717, 1.165) is 38.5 Å². The van der Waals surface area contributed by atoms with Gasteiger partial charge in [0.25, 0.3) is 5.91 Å². The molecule has 7 heteroatoms. The Kier molecular flexibility index (Phi) is 7.21. The van der Waals surface area contributed by atoms with Gasteiger partial charge in [0.05, 0.1) is 0 Å². The van der Waals surface area contributed by atoms with Crippen LogP contribution in [0.5, 0.6) is 5.75 Å². The number of rotatable bonds is 8. The zero-order valence-electron chi connectivity index (χ0n) is 16.8. The van der Waals surface area contributed by atoms with Crippen molar-refractivity contribution in [2.75, 3.05) is 44.6 Å². The van der Waals surface area contributed by atoms with E-state index >= 15 is 0 Å². The molecule has 2 aromatic carbocycles. The second kappa shape index (κ2) is 10.0. The van der Waals surface area contributed by atoms with Crippen molar-refractivity contribution in [1.29, 1.82) is 0 Å². The molecular formula is C22H30N4O3+2. The third kappa shape index (κ3) is 6.04. The molecule has 154 valence electrons. The molecule has 1 aliphatic heterocycles. The van der Waals surface area contributed by atoms with Crippen molar-refractivity contribution in [2.24, 2.45) is 5.73 Å². The molecule has 1 heterocycles. The van der Waals surface area contributed by atoms with E-state index < -0.39 is 5.91 Å². The van der Waals surface area contributed by atoms with E-state index in [0.29, 0.717) is 17.9 Å². The van der Waals surface area contributed by atoms with E-state index in [4.69, 9.17) is 10.5 Å². The van der Waals surface area contributed by atoms with Gasteiger partial charge in [-0.15, -0.1) is 0 Å². The molecule has 0 spiro atoms. The number of hydrogen-bond acceptors (Lipinski definition) is 3. The highest BCUT2D eigenvalue weighted by molar-refractivity contribution is 5.95. The van der Waals surface area contributed by atoms with E-state index in [2.05, 4.69) is 5.32 Å². The van der Waals surface area contributed by atoms with Gasteiger partial charge in [-0.2, -0.15) is 0 Å². The van der Waals surface area contributed by atoms with Crippen molar-refractivity contribution < 1.29 is 24.1 Å². The van der Waals surface area contributed by atoms with Crippen molar-refractivity contribution in [3.63, 3.8) is 0 Å². The summed E-state index contributed by atoms with van der Waals surface area (Å²) in [5, 5.41) is 2.93. The van der Waals surface area contributed by atoms with Crippen LogP contribution in [0.2, 0.25) is 0 Å². The number of quaternary nitrogens is 2. The molecule has 0 aromatic heterocycles. The zero-order valence-corrected chi connectivity index (χ0v) is 16.8. The number of nitrogens with two attached hydrogens (primary N) is 1. The molecule has 0 bridgehead atoms. The van der Waals surface area contributed by atoms with Gasteiger partial charge in [0, 0.05) is 11.3 Å². The number of carbonyl (C=O) groups excluding carboxylic acids is 2. The first-order valence-electron chi connectivity index (χ1n) is 10.1. The SMILES string of the molecule is C[C@@H](C(=O)Nc1ccc(C(N)=O)cc1)[NH+]1CC[NH+](CCOc2ccccc2)CC1. The first kappa shape index (κ1) is 20.8. The molecule has 1 fully saturated rings. The third-order valence-electron chi connectivity index (χ3n) is 5.51. The maximum absolute atomic E-state index is 12.6. The molecule has 5 N–H and O–H groups in total. The number of primary amides is 1. The summed E-state index contributed by atoms with van der Waals surface area (Å²) in [6, 6.07) is 16.4. The first-order valence-corrected chi connectivity index (χ1v) is 10.1. The highest BCUT2D eigenvalue weighted by atomic mass is 16.5. The van der Waals surface area contributed by atoms with Crippen LogP contribution >= 0.6 is 0 Å². The van der Waals surface area contributed by atoms with Crippen molar-refractivity contribution in [3.05, 3.63) is 60.2 Å². The van der Waals surface area contributed by atoms with Crippen LogP contribution in [0.1, 0.15) is 17.3 Å². The van der Waals surface area contributed by atoms with Crippen molar-refractivity contribution in [3.8, 4) is 5.75 Å².